The van der Waals surface area contributed by atoms with Crippen LogP contribution in [0.15, 0.2) is 0 Å². The number of carboxylic acid groups (broad SMARTS) is 2. The van der Waals surface area contributed by atoms with Crippen LogP contribution in [0.5, 0.6) is 0 Å². The van der Waals surface area contributed by atoms with E-state index in [9.17, 15) is 0 Å². The van der Waals surface area contributed by atoms with Crippen molar-refractivity contribution in [2.45, 2.75) is 0 Å². The molecule has 0 aliphatic heterocycles. The molecule has 0 unspecified atom stereocenters. The van der Waals surface area contributed by atoms with Crippen molar-refractivity contribution in [2.24, 2.45) is 0 Å². The van der Waals surface area contributed by atoms with Gasteiger partial charge < -0.3 is 15.9 Å². The Hall–Kier alpha value is 1.74. The molecule has 0 bridgehead atoms. The Morgan fingerprint density at radius 2 is 1.38 bits per heavy atom. The summed E-state index contributed by atoms with van der Waals surface area (Å²) in [7, 11) is 0. The molecule has 0 aromatic carbocycles. The maximum absolute atomic E-state index is 8.56. The molecule has 0 saturated heterocycles. The Labute approximate surface area is 108 Å². The summed E-state index contributed by atoms with van der Waals surface area (Å²) in [4.78, 5) is 8.56. The third kappa shape index (κ3) is 116. The van der Waals surface area contributed by atoms with Gasteiger partial charge in [0, 0.05) is 34.1 Å². The second-order valence-corrected chi connectivity index (χ2v) is 0.283. The predicted octanol–water partition coefficient (Wildman–Crippen LogP) is -0.0942. The van der Waals surface area contributed by atoms with Crippen molar-refractivity contribution in [1.29, 1.82) is 0 Å². The third-order valence-corrected chi connectivity index (χ3v) is 0. The van der Waals surface area contributed by atoms with Gasteiger partial charge in [0.2, 0.25) is 0 Å². The van der Waals surface area contributed by atoms with E-state index in [2.05, 4.69) is 0 Å². The molecule has 0 rings (SSSR count). The Bertz CT molecular complexity index is 53.3. The van der Waals surface area contributed by atoms with E-state index in [4.69, 9.17) is 15.0 Å². The number of hydrogen-bond acceptors (Lipinski definition) is 1. The van der Waals surface area contributed by atoms with Crippen LogP contribution in [-0.4, -0.2) is 64.2 Å². The summed E-state index contributed by atoms with van der Waals surface area (Å²) in [5.41, 5.74) is 0. The molecule has 0 fully saturated rings. The first-order valence-electron chi connectivity index (χ1n) is 0.651. The SMILES string of the molecule is O=C(O)O.[Be+2].[Ca+2].[Co].[Cr].[H-].[H-].[H-].[H-]. The van der Waals surface area contributed by atoms with Crippen molar-refractivity contribution in [3.63, 3.8) is 0 Å². The first-order chi connectivity index (χ1) is 1.73. The summed E-state index contributed by atoms with van der Waals surface area (Å²) in [5, 5.41) is 13.9. The molecule has 3 nitrogen and oxygen atoms in total. The van der Waals surface area contributed by atoms with Gasteiger partial charge >= 0.3 is 54.0 Å². The zero-order chi connectivity index (χ0) is 3.58. The van der Waals surface area contributed by atoms with E-state index in [1.54, 1.807) is 0 Å². The molecule has 1 radical (unpaired) electrons. The second-order valence-electron chi connectivity index (χ2n) is 0.283. The fourth-order valence-corrected chi connectivity index (χ4v) is 0. The standard InChI is InChI=1S/CH2O3.Be.Ca.Co.Cr.4H/c2-1(3)4;;;;;;;;/h(H2,2,3,4);;;;;;;;/q;2*+2;;;4*-1. The van der Waals surface area contributed by atoms with Gasteiger partial charge in [-0.3, -0.25) is 0 Å². The van der Waals surface area contributed by atoms with E-state index < -0.39 is 6.16 Å². The van der Waals surface area contributed by atoms with Crippen LogP contribution in [0.3, 0.4) is 0 Å². The summed E-state index contributed by atoms with van der Waals surface area (Å²) < 4.78 is 0. The molecule has 2 N–H and O–H groups in total. The molecular weight excluding hydrogens is 220 g/mol. The van der Waals surface area contributed by atoms with Gasteiger partial charge in [-0.15, -0.1) is 0 Å². The molecular formula is CH6BeCaCoCrO3. The van der Waals surface area contributed by atoms with Crippen LogP contribution < -0.4 is 0 Å². The summed E-state index contributed by atoms with van der Waals surface area (Å²) in [6.45, 7) is 0. The van der Waals surface area contributed by atoms with Crippen LogP contribution in [-0.2, 0) is 34.1 Å². The quantitative estimate of drug-likeness (QED) is 0.567. The van der Waals surface area contributed by atoms with E-state index in [0.717, 1.165) is 0 Å². The van der Waals surface area contributed by atoms with Crippen LogP contribution in [0.25, 0.3) is 0 Å². The molecule has 0 aromatic rings. The summed E-state index contributed by atoms with van der Waals surface area (Å²) >= 11 is 0. The van der Waals surface area contributed by atoms with Crippen molar-refractivity contribution in [1.82, 2.24) is 0 Å². The van der Waals surface area contributed by atoms with Gasteiger partial charge in [0.05, 0.1) is 0 Å². The van der Waals surface area contributed by atoms with Crippen LogP contribution in [0.1, 0.15) is 5.71 Å². The van der Waals surface area contributed by atoms with Gasteiger partial charge in [-0.25, -0.2) is 4.79 Å². The monoisotopic (exact) mass is 226 g/mol. The van der Waals surface area contributed by atoms with Crippen LogP contribution in [0, 0.1) is 0 Å². The van der Waals surface area contributed by atoms with E-state index in [-0.39, 0.29) is 87.7 Å². The minimum Gasteiger partial charge on any atom is -1.00 e. The largest absolute Gasteiger partial charge is 2.00 e. The first-order valence-corrected chi connectivity index (χ1v) is 0.651. The Kier molecular flexibility index (Phi) is 96.5. The Balaban J connectivity index is -0.00000000161. The molecule has 0 heterocycles. The molecule has 7 heteroatoms. The molecule has 0 saturated carbocycles. The van der Waals surface area contributed by atoms with Gasteiger partial charge in [-0.05, 0) is 0 Å². The topological polar surface area (TPSA) is 57.5 Å². The van der Waals surface area contributed by atoms with Crippen molar-refractivity contribution < 1.29 is 54.9 Å². The van der Waals surface area contributed by atoms with Gasteiger partial charge in [0.1, 0.15) is 0 Å². The number of hydrogen-bond donors (Lipinski definition) is 2. The van der Waals surface area contributed by atoms with E-state index in [1.165, 1.54) is 0 Å². The fraction of sp³-hybridized carbons (Fsp3) is 0. The Morgan fingerprint density at radius 1 is 1.38 bits per heavy atom. The van der Waals surface area contributed by atoms with Crippen LogP contribution in [0.2, 0.25) is 0 Å². The fourth-order valence-electron chi connectivity index (χ4n) is 0. The van der Waals surface area contributed by atoms with Crippen molar-refractivity contribution >= 4 is 54.0 Å². The smallest absolute Gasteiger partial charge is 1.00 e. The molecule has 0 amide bonds. The average molecular weight is 226 g/mol. The molecule has 0 atom stereocenters. The summed E-state index contributed by atoms with van der Waals surface area (Å²) in [6.07, 6.45) is -1.83. The van der Waals surface area contributed by atoms with Gasteiger partial charge in [0.15, 0.2) is 0 Å². The molecule has 8 heavy (non-hydrogen) atoms. The van der Waals surface area contributed by atoms with Crippen molar-refractivity contribution in [3.8, 4) is 0 Å². The first kappa shape index (κ1) is 33.1. The normalized spacial score (nSPS) is 3.00. The summed E-state index contributed by atoms with van der Waals surface area (Å²) in [6, 6.07) is 0. The summed E-state index contributed by atoms with van der Waals surface area (Å²) in [5.74, 6) is 0. The minimum absolute atomic E-state index is 0. The van der Waals surface area contributed by atoms with Crippen LogP contribution >= 0.6 is 0 Å². The second kappa shape index (κ2) is 23.3. The van der Waals surface area contributed by atoms with Gasteiger partial charge in [0.25, 0.3) is 0 Å². The van der Waals surface area contributed by atoms with Crippen LogP contribution in [0.4, 0.5) is 4.79 Å². The molecule has 0 aromatic heterocycles. The minimum atomic E-state index is -1.83. The molecule has 47 valence electrons. The molecule has 0 aliphatic carbocycles. The third-order valence-electron chi connectivity index (χ3n) is 0. The maximum Gasteiger partial charge on any atom is 2.00 e. The van der Waals surface area contributed by atoms with Gasteiger partial charge in [-0.2, -0.15) is 0 Å². The molecule has 0 spiro atoms. The maximum atomic E-state index is 8.56. The zero-order valence-electron chi connectivity index (χ0n) is 7.96. The molecule has 0 aliphatic rings. The average Bonchev–Trinajstić information content (AvgIpc) is 0.811. The number of rotatable bonds is 0. The van der Waals surface area contributed by atoms with Crippen molar-refractivity contribution in [3.05, 3.63) is 0 Å². The number of carbonyl (C=O) groups is 1. The zero-order valence-corrected chi connectivity index (χ0v) is 8.48. The van der Waals surface area contributed by atoms with E-state index in [1.807, 2.05) is 0 Å². The van der Waals surface area contributed by atoms with E-state index >= 15 is 0 Å². The predicted molar refractivity (Wildman–Crippen MR) is 26.6 cm³/mol. The Morgan fingerprint density at radius 3 is 1.38 bits per heavy atom. The van der Waals surface area contributed by atoms with Crippen molar-refractivity contribution in [2.75, 3.05) is 0 Å². The van der Waals surface area contributed by atoms with Gasteiger partial charge in [-0.1, -0.05) is 0 Å². The van der Waals surface area contributed by atoms with E-state index in [0.29, 0.717) is 0 Å².